The highest BCUT2D eigenvalue weighted by molar-refractivity contribution is 6.30. The summed E-state index contributed by atoms with van der Waals surface area (Å²) in [6.45, 7) is 0. The van der Waals surface area contributed by atoms with E-state index in [9.17, 15) is 0 Å². The predicted octanol–water partition coefficient (Wildman–Crippen LogP) is 2.92. The number of nitrogens with two attached hydrogens (primary N) is 1. The van der Waals surface area contributed by atoms with Gasteiger partial charge in [0.25, 0.3) is 0 Å². The summed E-state index contributed by atoms with van der Waals surface area (Å²) in [5.74, 6) is 0.774. The van der Waals surface area contributed by atoms with E-state index in [-0.39, 0.29) is 6.04 Å². The van der Waals surface area contributed by atoms with Crippen LogP contribution in [0, 0.1) is 0 Å². The van der Waals surface area contributed by atoms with Crippen molar-refractivity contribution in [1.82, 2.24) is 0 Å². The van der Waals surface area contributed by atoms with E-state index < -0.39 is 0 Å². The van der Waals surface area contributed by atoms with Crippen LogP contribution >= 0.6 is 11.6 Å². The van der Waals surface area contributed by atoms with Crippen LogP contribution in [0.1, 0.15) is 30.9 Å². The van der Waals surface area contributed by atoms with E-state index in [1.165, 1.54) is 5.56 Å². The zero-order chi connectivity index (χ0) is 9.97. The molecule has 2 nitrogen and oxygen atoms in total. The molecule has 0 bridgehead atoms. The number of hydrogen-bond donors (Lipinski definition) is 1. The first-order chi connectivity index (χ1) is 6.75. The summed E-state index contributed by atoms with van der Waals surface area (Å²) in [7, 11) is 0. The minimum atomic E-state index is 0.237. The van der Waals surface area contributed by atoms with Crippen LogP contribution < -0.4 is 5.73 Å². The van der Waals surface area contributed by atoms with E-state index in [1.807, 2.05) is 24.3 Å². The molecule has 0 aromatic heterocycles. The van der Waals surface area contributed by atoms with E-state index in [4.69, 9.17) is 17.3 Å². The lowest BCUT2D eigenvalue weighted by atomic mass is 9.99. The minimum Gasteiger partial charge on any atom is -0.387 e. The lowest BCUT2D eigenvalue weighted by Gasteiger charge is -2.18. The summed E-state index contributed by atoms with van der Waals surface area (Å²) >= 11 is 5.82. The van der Waals surface area contributed by atoms with Gasteiger partial charge in [0.15, 0.2) is 0 Å². The van der Waals surface area contributed by atoms with Crippen molar-refractivity contribution in [2.45, 2.75) is 25.3 Å². The van der Waals surface area contributed by atoms with E-state index in [0.29, 0.717) is 0 Å². The summed E-state index contributed by atoms with van der Waals surface area (Å²) < 4.78 is 0. The second-order valence-electron chi connectivity index (χ2n) is 3.58. The Morgan fingerprint density at radius 3 is 2.64 bits per heavy atom. The lowest BCUT2D eigenvalue weighted by Crippen LogP contribution is -2.17. The molecule has 0 spiro atoms. The average Bonchev–Trinajstić information content (AvgIpc) is 2.19. The first-order valence-electron chi connectivity index (χ1n) is 4.83. The Balaban J connectivity index is 2.22. The summed E-state index contributed by atoms with van der Waals surface area (Å²) in [4.78, 5) is 4.43. The van der Waals surface area contributed by atoms with Crippen LogP contribution in [0.2, 0.25) is 5.02 Å². The van der Waals surface area contributed by atoms with Gasteiger partial charge in [0.05, 0.1) is 11.9 Å². The van der Waals surface area contributed by atoms with Gasteiger partial charge < -0.3 is 5.73 Å². The summed E-state index contributed by atoms with van der Waals surface area (Å²) in [6, 6.07) is 8.08. The van der Waals surface area contributed by atoms with Crippen molar-refractivity contribution in [3.63, 3.8) is 0 Å². The molecule has 0 radical (unpaired) electrons. The fourth-order valence-electron chi connectivity index (χ4n) is 1.73. The number of aliphatic imine (C=N–C) groups is 1. The second-order valence-corrected chi connectivity index (χ2v) is 4.02. The van der Waals surface area contributed by atoms with Gasteiger partial charge in [-0.05, 0) is 30.5 Å². The molecular weight excluding hydrogens is 196 g/mol. The van der Waals surface area contributed by atoms with E-state index >= 15 is 0 Å². The van der Waals surface area contributed by atoms with Crippen LogP contribution in [0.15, 0.2) is 29.3 Å². The fourth-order valence-corrected chi connectivity index (χ4v) is 1.86. The third kappa shape index (κ3) is 2.07. The van der Waals surface area contributed by atoms with Gasteiger partial charge in [-0.15, -0.1) is 0 Å². The van der Waals surface area contributed by atoms with Crippen LogP contribution in [0.4, 0.5) is 0 Å². The molecule has 2 N–H and O–H groups in total. The molecule has 1 atom stereocenters. The first kappa shape index (κ1) is 9.53. The van der Waals surface area contributed by atoms with E-state index in [1.54, 1.807) is 0 Å². The highest BCUT2D eigenvalue weighted by atomic mass is 35.5. The van der Waals surface area contributed by atoms with Crippen LogP contribution in [0.25, 0.3) is 0 Å². The highest BCUT2D eigenvalue weighted by Crippen LogP contribution is 2.27. The van der Waals surface area contributed by atoms with Crippen LogP contribution in [0.3, 0.4) is 0 Å². The molecule has 0 amide bonds. The Bertz CT molecular complexity index is 343. The Morgan fingerprint density at radius 1 is 1.29 bits per heavy atom. The molecule has 74 valence electrons. The molecular formula is C11H13ClN2. The number of hydrogen-bond acceptors (Lipinski definition) is 2. The van der Waals surface area contributed by atoms with Crippen molar-refractivity contribution < 1.29 is 0 Å². The maximum atomic E-state index is 5.82. The number of benzene rings is 1. The van der Waals surface area contributed by atoms with Crippen LogP contribution in [-0.2, 0) is 0 Å². The maximum absolute atomic E-state index is 5.82. The molecule has 1 unspecified atom stereocenters. The van der Waals surface area contributed by atoms with Crippen molar-refractivity contribution in [2.75, 3.05) is 0 Å². The van der Waals surface area contributed by atoms with E-state index in [2.05, 4.69) is 4.99 Å². The number of amidine groups is 1. The summed E-state index contributed by atoms with van der Waals surface area (Å²) in [5, 5.41) is 0.765. The monoisotopic (exact) mass is 208 g/mol. The molecule has 1 heterocycles. The van der Waals surface area contributed by atoms with Gasteiger partial charge in [-0.2, -0.15) is 0 Å². The fraction of sp³-hybridized carbons (Fsp3) is 0.364. The molecule has 1 aromatic carbocycles. The Labute approximate surface area is 88.8 Å². The molecule has 1 aliphatic heterocycles. The molecule has 1 aromatic rings. The number of halogens is 1. The molecule has 0 fully saturated rings. The van der Waals surface area contributed by atoms with Gasteiger partial charge in [0, 0.05) is 11.4 Å². The van der Waals surface area contributed by atoms with Crippen molar-refractivity contribution in [1.29, 1.82) is 0 Å². The molecule has 0 saturated heterocycles. The zero-order valence-electron chi connectivity index (χ0n) is 7.91. The van der Waals surface area contributed by atoms with Crippen molar-refractivity contribution >= 4 is 17.4 Å². The third-order valence-electron chi connectivity index (χ3n) is 2.49. The second kappa shape index (κ2) is 4.01. The van der Waals surface area contributed by atoms with Gasteiger partial charge in [0.1, 0.15) is 0 Å². The molecule has 3 heteroatoms. The topological polar surface area (TPSA) is 38.4 Å². The maximum Gasteiger partial charge on any atom is 0.0944 e. The highest BCUT2D eigenvalue weighted by Gasteiger charge is 2.14. The quantitative estimate of drug-likeness (QED) is 0.757. The van der Waals surface area contributed by atoms with Crippen LogP contribution in [-0.4, -0.2) is 5.84 Å². The van der Waals surface area contributed by atoms with Gasteiger partial charge in [-0.1, -0.05) is 23.7 Å². The number of rotatable bonds is 1. The molecule has 1 aliphatic rings. The molecule has 0 aliphatic carbocycles. The predicted molar refractivity (Wildman–Crippen MR) is 59.7 cm³/mol. The van der Waals surface area contributed by atoms with Crippen LogP contribution in [0.5, 0.6) is 0 Å². The van der Waals surface area contributed by atoms with E-state index in [0.717, 1.165) is 30.1 Å². The standard InChI is InChI=1S/C11H13ClN2/c12-9-6-4-8(5-7-9)10-2-1-3-11(13)14-10/h4-7,10H,1-3H2,(H2,13,14). The smallest absolute Gasteiger partial charge is 0.0944 e. The van der Waals surface area contributed by atoms with Crippen molar-refractivity contribution in [2.24, 2.45) is 10.7 Å². The molecule has 14 heavy (non-hydrogen) atoms. The zero-order valence-corrected chi connectivity index (χ0v) is 8.67. The minimum absolute atomic E-state index is 0.237. The van der Waals surface area contributed by atoms with Gasteiger partial charge in [0.2, 0.25) is 0 Å². The van der Waals surface area contributed by atoms with Crippen molar-refractivity contribution in [3.8, 4) is 0 Å². The first-order valence-corrected chi connectivity index (χ1v) is 5.21. The Morgan fingerprint density at radius 2 is 2.00 bits per heavy atom. The van der Waals surface area contributed by atoms with Gasteiger partial charge >= 0.3 is 0 Å². The number of nitrogens with zero attached hydrogens (tertiary/aromatic N) is 1. The summed E-state index contributed by atoms with van der Waals surface area (Å²) in [5.41, 5.74) is 6.92. The average molecular weight is 209 g/mol. The SMILES string of the molecule is NC1=NC(c2ccc(Cl)cc2)CCC1. The summed E-state index contributed by atoms with van der Waals surface area (Å²) in [6.07, 6.45) is 3.15. The largest absolute Gasteiger partial charge is 0.387 e. The van der Waals surface area contributed by atoms with Crippen molar-refractivity contribution in [3.05, 3.63) is 34.9 Å². The normalized spacial score (nSPS) is 21.8. The molecule has 0 saturated carbocycles. The van der Waals surface area contributed by atoms with Gasteiger partial charge in [-0.25, -0.2) is 0 Å². The Hall–Kier alpha value is -1.02. The Kier molecular flexibility index (Phi) is 2.73. The third-order valence-corrected chi connectivity index (χ3v) is 2.74. The van der Waals surface area contributed by atoms with Gasteiger partial charge in [-0.3, -0.25) is 4.99 Å². The molecule has 2 rings (SSSR count). The lowest BCUT2D eigenvalue weighted by molar-refractivity contribution is 0.594.